The second-order valence-corrected chi connectivity index (χ2v) is 5.11. The molecule has 0 saturated heterocycles. The normalized spacial score (nSPS) is 15.9. The van der Waals surface area contributed by atoms with Crippen LogP contribution in [0.2, 0.25) is 0 Å². The Balaban J connectivity index is 2.11. The predicted molar refractivity (Wildman–Crippen MR) is 74.7 cm³/mol. The minimum absolute atomic E-state index is 0.0646. The summed E-state index contributed by atoms with van der Waals surface area (Å²) < 4.78 is 5.37. The molecule has 2 rings (SSSR count). The zero-order chi connectivity index (χ0) is 13.9. The molecule has 1 N–H and O–H groups in total. The van der Waals surface area contributed by atoms with Crippen LogP contribution in [-0.4, -0.2) is 18.1 Å². The molecule has 1 aliphatic rings. The van der Waals surface area contributed by atoms with E-state index in [0.29, 0.717) is 17.8 Å². The fraction of sp³-hybridized carbons (Fsp3) is 0.571. The van der Waals surface area contributed by atoms with Gasteiger partial charge in [-0.1, -0.05) is 6.92 Å². The lowest BCUT2D eigenvalue weighted by atomic mass is 10.0. The van der Waals surface area contributed by atoms with E-state index in [1.54, 1.807) is 6.07 Å². The van der Waals surface area contributed by atoms with Crippen molar-refractivity contribution < 1.29 is 9.66 Å². The van der Waals surface area contributed by atoms with Crippen molar-refractivity contribution >= 4 is 11.4 Å². The molecule has 1 aromatic carbocycles. The smallest absolute Gasteiger partial charge is 0.275 e. The molecule has 1 aromatic rings. The van der Waals surface area contributed by atoms with Gasteiger partial charge in [-0.25, -0.2) is 0 Å². The quantitative estimate of drug-likeness (QED) is 0.603. The van der Waals surface area contributed by atoms with Gasteiger partial charge in [0.2, 0.25) is 0 Å². The SMILES string of the molecule is CCOc1cc(NCC2(CC)CC2)cc([N+](=O)[O-])c1. The van der Waals surface area contributed by atoms with E-state index in [-0.39, 0.29) is 10.6 Å². The van der Waals surface area contributed by atoms with Gasteiger partial charge < -0.3 is 10.1 Å². The summed E-state index contributed by atoms with van der Waals surface area (Å²) in [5.41, 5.74) is 1.23. The second-order valence-electron chi connectivity index (χ2n) is 5.11. The zero-order valence-corrected chi connectivity index (χ0v) is 11.4. The number of ether oxygens (including phenoxy) is 1. The highest BCUT2D eigenvalue weighted by Crippen LogP contribution is 2.48. The number of nitrogens with one attached hydrogen (secondary N) is 1. The summed E-state index contributed by atoms with van der Waals surface area (Å²) in [5.74, 6) is 0.542. The van der Waals surface area contributed by atoms with Gasteiger partial charge in [0, 0.05) is 24.4 Å². The Morgan fingerprint density at radius 3 is 2.63 bits per heavy atom. The predicted octanol–water partition coefficient (Wildman–Crippen LogP) is 3.60. The number of anilines is 1. The van der Waals surface area contributed by atoms with Crippen LogP contribution in [0.4, 0.5) is 11.4 Å². The van der Waals surface area contributed by atoms with Crippen molar-refractivity contribution in [3.8, 4) is 5.75 Å². The van der Waals surface area contributed by atoms with E-state index in [1.807, 2.05) is 13.0 Å². The Bertz CT molecular complexity index is 470. The molecule has 0 aliphatic heterocycles. The third-order valence-electron chi connectivity index (χ3n) is 3.79. The van der Waals surface area contributed by atoms with E-state index in [0.717, 1.165) is 18.7 Å². The largest absolute Gasteiger partial charge is 0.494 e. The van der Waals surface area contributed by atoms with Gasteiger partial charge in [0.05, 0.1) is 17.6 Å². The van der Waals surface area contributed by atoms with E-state index in [9.17, 15) is 10.1 Å². The number of nitro groups is 1. The molecule has 0 spiro atoms. The lowest BCUT2D eigenvalue weighted by Crippen LogP contribution is -2.14. The molecule has 104 valence electrons. The Morgan fingerprint density at radius 2 is 2.11 bits per heavy atom. The van der Waals surface area contributed by atoms with Crippen molar-refractivity contribution in [3.63, 3.8) is 0 Å². The fourth-order valence-electron chi connectivity index (χ4n) is 2.16. The van der Waals surface area contributed by atoms with Crippen LogP contribution in [0.5, 0.6) is 5.75 Å². The monoisotopic (exact) mass is 264 g/mol. The molecular formula is C14H20N2O3. The maximum Gasteiger partial charge on any atom is 0.275 e. The number of nitro benzene ring substituents is 1. The van der Waals surface area contributed by atoms with Gasteiger partial charge in [-0.2, -0.15) is 0 Å². The Hall–Kier alpha value is -1.78. The lowest BCUT2D eigenvalue weighted by molar-refractivity contribution is -0.384. The van der Waals surface area contributed by atoms with Crippen LogP contribution in [-0.2, 0) is 0 Å². The first kappa shape index (κ1) is 13.6. The first-order valence-corrected chi connectivity index (χ1v) is 6.75. The van der Waals surface area contributed by atoms with Crippen LogP contribution in [0, 0.1) is 15.5 Å². The minimum atomic E-state index is -0.388. The number of benzene rings is 1. The topological polar surface area (TPSA) is 64.4 Å². The summed E-state index contributed by atoms with van der Waals surface area (Å²) in [6, 6.07) is 4.85. The van der Waals surface area contributed by atoms with Gasteiger partial charge in [0.1, 0.15) is 5.75 Å². The molecular weight excluding hydrogens is 244 g/mol. The maximum absolute atomic E-state index is 10.9. The lowest BCUT2D eigenvalue weighted by Gasteiger charge is -2.15. The molecule has 0 atom stereocenters. The molecule has 0 aromatic heterocycles. The van der Waals surface area contributed by atoms with Crippen molar-refractivity contribution in [2.75, 3.05) is 18.5 Å². The Morgan fingerprint density at radius 1 is 1.37 bits per heavy atom. The molecule has 0 amide bonds. The number of nitrogens with zero attached hydrogens (tertiary/aromatic N) is 1. The number of rotatable bonds is 7. The molecule has 19 heavy (non-hydrogen) atoms. The molecule has 0 radical (unpaired) electrons. The van der Waals surface area contributed by atoms with Crippen LogP contribution < -0.4 is 10.1 Å². The van der Waals surface area contributed by atoms with Crippen molar-refractivity contribution in [1.29, 1.82) is 0 Å². The first-order valence-electron chi connectivity index (χ1n) is 6.75. The fourth-order valence-corrected chi connectivity index (χ4v) is 2.16. The zero-order valence-electron chi connectivity index (χ0n) is 11.4. The van der Waals surface area contributed by atoms with Crippen LogP contribution in [0.15, 0.2) is 18.2 Å². The minimum Gasteiger partial charge on any atom is -0.494 e. The van der Waals surface area contributed by atoms with Gasteiger partial charge >= 0.3 is 0 Å². The van der Waals surface area contributed by atoms with Crippen LogP contribution in [0.3, 0.4) is 0 Å². The molecule has 0 bridgehead atoms. The van der Waals surface area contributed by atoms with E-state index in [2.05, 4.69) is 12.2 Å². The summed E-state index contributed by atoms with van der Waals surface area (Å²) in [6.45, 7) is 5.42. The summed E-state index contributed by atoms with van der Waals surface area (Å²) in [7, 11) is 0. The number of hydrogen-bond donors (Lipinski definition) is 1. The van der Waals surface area contributed by atoms with E-state index in [1.165, 1.54) is 18.9 Å². The maximum atomic E-state index is 10.9. The molecule has 1 fully saturated rings. The van der Waals surface area contributed by atoms with Crippen molar-refractivity contribution in [2.45, 2.75) is 33.1 Å². The highest BCUT2D eigenvalue weighted by atomic mass is 16.6. The standard InChI is InChI=1S/C14H20N2O3/c1-3-14(5-6-14)10-15-11-7-12(16(17)18)9-13(8-11)19-4-2/h7-9,15H,3-6,10H2,1-2H3. The molecule has 1 saturated carbocycles. The van der Waals surface area contributed by atoms with Crippen LogP contribution >= 0.6 is 0 Å². The van der Waals surface area contributed by atoms with E-state index < -0.39 is 0 Å². The third kappa shape index (κ3) is 3.36. The molecule has 5 nitrogen and oxygen atoms in total. The third-order valence-corrected chi connectivity index (χ3v) is 3.79. The molecule has 1 aliphatic carbocycles. The second kappa shape index (κ2) is 5.47. The molecule has 0 unspecified atom stereocenters. The van der Waals surface area contributed by atoms with Gasteiger partial charge in [0.15, 0.2) is 0 Å². The average Bonchev–Trinajstić information content (AvgIpc) is 3.17. The summed E-state index contributed by atoms with van der Waals surface area (Å²) in [6.07, 6.45) is 3.63. The average molecular weight is 264 g/mol. The first-order chi connectivity index (χ1) is 9.08. The van der Waals surface area contributed by atoms with Crippen molar-refractivity contribution in [3.05, 3.63) is 28.3 Å². The Kier molecular flexibility index (Phi) is 3.93. The summed E-state index contributed by atoms with van der Waals surface area (Å²) in [4.78, 5) is 10.5. The van der Waals surface area contributed by atoms with Crippen molar-refractivity contribution in [2.24, 2.45) is 5.41 Å². The summed E-state index contributed by atoms with van der Waals surface area (Å²) >= 11 is 0. The molecule has 5 heteroatoms. The van der Waals surface area contributed by atoms with Gasteiger partial charge in [0.25, 0.3) is 5.69 Å². The van der Waals surface area contributed by atoms with Gasteiger partial charge in [-0.15, -0.1) is 0 Å². The number of non-ortho nitro benzene ring substituents is 1. The van der Waals surface area contributed by atoms with Crippen LogP contribution in [0.25, 0.3) is 0 Å². The van der Waals surface area contributed by atoms with Gasteiger partial charge in [-0.05, 0) is 31.6 Å². The summed E-state index contributed by atoms with van der Waals surface area (Å²) in [5, 5.41) is 14.2. The highest BCUT2D eigenvalue weighted by Gasteiger charge is 2.40. The Labute approximate surface area is 113 Å². The van der Waals surface area contributed by atoms with Crippen LogP contribution in [0.1, 0.15) is 33.1 Å². The van der Waals surface area contributed by atoms with E-state index in [4.69, 9.17) is 4.74 Å². The number of hydrogen-bond acceptors (Lipinski definition) is 4. The van der Waals surface area contributed by atoms with E-state index >= 15 is 0 Å². The molecule has 0 heterocycles. The highest BCUT2D eigenvalue weighted by molar-refractivity contribution is 5.56. The van der Waals surface area contributed by atoms with Gasteiger partial charge in [-0.3, -0.25) is 10.1 Å². The van der Waals surface area contributed by atoms with Crippen molar-refractivity contribution in [1.82, 2.24) is 0 Å².